The van der Waals surface area contributed by atoms with Gasteiger partial charge in [-0.25, -0.2) is 13.2 Å². The standard InChI is InChI=1S/C22H29N5O5S/c1-16-5-7-17(8-6-16)19-25-18(15-23)20(31-19)33(29,30)27-13-11-26(12-14-27)10-9-24-21(28)32-22(2,3)4/h5-8H,9-14H2,1-4H3,(H,24,28). The van der Waals surface area contributed by atoms with E-state index in [9.17, 15) is 18.5 Å². The summed E-state index contributed by atoms with van der Waals surface area (Å²) in [6.45, 7) is 9.71. The molecule has 1 aromatic carbocycles. The summed E-state index contributed by atoms with van der Waals surface area (Å²) in [6.07, 6.45) is -0.484. The van der Waals surface area contributed by atoms with Crippen LogP contribution in [-0.2, 0) is 14.8 Å². The Labute approximate surface area is 194 Å². The average Bonchev–Trinajstić information content (AvgIpc) is 3.19. The molecule has 1 aliphatic rings. The lowest BCUT2D eigenvalue weighted by atomic mass is 10.1. The quantitative estimate of drug-likeness (QED) is 0.674. The minimum atomic E-state index is -4.01. The molecule has 1 aliphatic heterocycles. The molecule has 1 fully saturated rings. The topological polar surface area (TPSA) is 129 Å². The van der Waals surface area contributed by atoms with Crippen LogP contribution in [0.15, 0.2) is 33.8 Å². The van der Waals surface area contributed by atoms with Gasteiger partial charge < -0.3 is 14.5 Å². The van der Waals surface area contributed by atoms with Crippen molar-refractivity contribution in [3.8, 4) is 17.5 Å². The zero-order valence-electron chi connectivity index (χ0n) is 19.3. The number of alkyl carbamates (subject to hydrolysis) is 1. The van der Waals surface area contributed by atoms with Crippen LogP contribution in [0.3, 0.4) is 0 Å². The van der Waals surface area contributed by atoms with Crippen LogP contribution in [0, 0.1) is 18.3 Å². The van der Waals surface area contributed by atoms with Crippen LogP contribution in [0.1, 0.15) is 32.0 Å². The Kier molecular flexibility index (Phi) is 7.41. The van der Waals surface area contributed by atoms with Gasteiger partial charge in [-0.1, -0.05) is 17.7 Å². The second-order valence-electron chi connectivity index (χ2n) is 8.81. The molecule has 1 N–H and O–H groups in total. The number of piperazine rings is 1. The number of ether oxygens (including phenoxy) is 1. The predicted octanol–water partition coefficient (Wildman–Crippen LogP) is 2.35. The number of amides is 1. The van der Waals surface area contributed by atoms with Crippen LogP contribution >= 0.6 is 0 Å². The smallest absolute Gasteiger partial charge is 0.407 e. The molecule has 0 saturated carbocycles. The molecular weight excluding hydrogens is 446 g/mol. The molecule has 0 radical (unpaired) electrons. The molecule has 178 valence electrons. The summed E-state index contributed by atoms with van der Waals surface area (Å²) >= 11 is 0. The van der Waals surface area contributed by atoms with Crippen molar-refractivity contribution in [1.82, 2.24) is 19.5 Å². The number of nitrogens with zero attached hydrogens (tertiary/aromatic N) is 4. The van der Waals surface area contributed by atoms with E-state index in [1.165, 1.54) is 4.31 Å². The van der Waals surface area contributed by atoms with Crippen molar-refractivity contribution in [2.75, 3.05) is 39.3 Å². The van der Waals surface area contributed by atoms with Crippen LogP contribution in [0.4, 0.5) is 4.79 Å². The van der Waals surface area contributed by atoms with Gasteiger partial charge in [0.25, 0.3) is 15.1 Å². The Morgan fingerprint density at radius 3 is 2.42 bits per heavy atom. The van der Waals surface area contributed by atoms with Gasteiger partial charge >= 0.3 is 6.09 Å². The summed E-state index contributed by atoms with van der Waals surface area (Å²) in [5.74, 6) is 0.0944. The molecule has 3 rings (SSSR count). The Morgan fingerprint density at radius 1 is 1.21 bits per heavy atom. The van der Waals surface area contributed by atoms with Crippen molar-refractivity contribution in [2.45, 2.75) is 38.4 Å². The molecule has 0 unspecified atom stereocenters. The van der Waals surface area contributed by atoms with Gasteiger partial charge in [-0.15, -0.1) is 0 Å². The average molecular weight is 476 g/mol. The molecular formula is C22H29N5O5S. The lowest BCUT2D eigenvalue weighted by molar-refractivity contribution is 0.0519. The van der Waals surface area contributed by atoms with Gasteiger partial charge in [0.2, 0.25) is 5.89 Å². The molecule has 0 aliphatic carbocycles. The largest absolute Gasteiger partial charge is 0.444 e. The van der Waals surface area contributed by atoms with E-state index in [4.69, 9.17) is 9.15 Å². The monoisotopic (exact) mass is 475 g/mol. The van der Waals surface area contributed by atoms with E-state index in [1.807, 2.05) is 30.0 Å². The lowest BCUT2D eigenvalue weighted by Gasteiger charge is -2.33. The first-order valence-electron chi connectivity index (χ1n) is 10.7. The molecule has 1 saturated heterocycles. The van der Waals surface area contributed by atoms with E-state index in [-0.39, 0.29) is 24.7 Å². The molecule has 10 nitrogen and oxygen atoms in total. The number of nitriles is 1. The number of hydrogen-bond acceptors (Lipinski definition) is 8. The third kappa shape index (κ3) is 6.31. The first-order valence-corrected chi connectivity index (χ1v) is 12.1. The highest BCUT2D eigenvalue weighted by atomic mass is 32.2. The van der Waals surface area contributed by atoms with Crippen molar-refractivity contribution in [1.29, 1.82) is 5.26 Å². The fourth-order valence-electron chi connectivity index (χ4n) is 3.31. The highest BCUT2D eigenvalue weighted by Gasteiger charge is 2.35. The SMILES string of the molecule is Cc1ccc(-c2nc(C#N)c(S(=O)(=O)N3CCN(CCNC(=O)OC(C)(C)C)CC3)o2)cc1. The minimum absolute atomic E-state index is 0.0944. The van der Waals surface area contributed by atoms with E-state index in [1.54, 1.807) is 32.9 Å². The predicted molar refractivity (Wildman–Crippen MR) is 121 cm³/mol. The summed E-state index contributed by atoms with van der Waals surface area (Å²) in [5, 5.41) is 11.7. The molecule has 1 aromatic heterocycles. The number of hydrogen-bond donors (Lipinski definition) is 1. The molecule has 2 heterocycles. The van der Waals surface area contributed by atoms with E-state index >= 15 is 0 Å². The number of benzene rings is 1. The Bertz CT molecular complexity index is 1120. The number of sulfonamides is 1. The lowest BCUT2D eigenvalue weighted by Crippen LogP contribution is -2.50. The maximum Gasteiger partial charge on any atom is 0.407 e. The number of nitrogens with one attached hydrogen (secondary N) is 1. The summed E-state index contributed by atoms with van der Waals surface area (Å²) in [4.78, 5) is 17.9. The number of aryl methyl sites for hydroxylation is 1. The van der Waals surface area contributed by atoms with Crippen molar-refractivity contribution < 1.29 is 22.4 Å². The highest BCUT2D eigenvalue weighted by molar-refractivity contribution is 7.89. The summed E-state index contributed by atoms with van der Waals surface area (Å²) in [5.41, 5.74) is 0.820. The normalized spacial score (nSPS) is 15.7. The fraction of sp³-hybridized carbons (Fsp3) is 0.500. The Hall–Kier alpha value is -2.94. The molecule has 2 aromatic rings. The Balaban J connectivity index is 1.60. The Morgan fingerprint density at radius 2 is 1.85 bits per heavy atom. The van der Waals surface area contributed by atoms with Gasteiger partial charge in [0.05, 0.1) is 0 Å². The third-order valence-corrected chi connectivity index (χ3v) is 6.79. The first kappa shape index (κ1) is 24.7. The summed E-state index contributed by atoms with van der Waals surface area (Å²) < 4.78 is 38.4. The molecule has 11 heteroatoms. The van der Waals surface area contributed by atoms with Gasteiger partial charge in [0.1, 0.15) is 11.7 Å². The molecule has 0 atom stereocenters. The number of carbonyl (C=O) groups is 1. The second kappa shape index (κ2) is 9.91. The van der Waals surface area contributed by atoms with Crippen molar-refractivity contribution in [3.05, 3.63) is 35.5 Å². The van der Waals surface area contributed by atoms with Crippen molar-refractivity contribution in [3.63, 3.8) is 0 Å². The maximum absolute atomic E-state index is 13.2. The number of oxazole rings is 1. The third-order valence-electron chi connectivity index (χ3n) is 5.00. The molecule has 1 amide bonds. The van der Waals surface area contributed by atoms with Crippen molar-refractivity contribution >= 4 is 16.1 Å². The number of rotatable bonds is 6. The zero-order chi connectivity index (χ0) is 24.2. The van der Waals surface area contributed by atoms with E-state index in [2.05, 4.69) is 10.3 Å². The van der Waals surface area contributed by atoms with Crippen molar-refractivity contribution in [2.24, 2.45) is 0 Å². The number of carbonyl (C=O) groups excluding carboxylic acids is 1. The first-order chi connectivity index (χ1) is 15.5. The van der Waals surface area contributed by atoms with Crippen LogP contribution in [0.25, 0.3) is 11.5 Å². The van der Waals surface area contributed by atoms with Gasteiger partial charge in [-0.05, 0) is 39.8 Å². The second-order valence-corrected chi connectivity index (χ2v) is 10.6. The molecule has 0 bridgehead atoms. The van der Waals surface area contributed by atoms with Crippen LogP contribution < -0.4 is 5.32 Å². The summed E-state index contributed by atoms with van der Waals surface area (Å²) in [6, 6.07) is 9.08. The van der Waals surface area contributed by atoms with Crippen LogP contribution in [0.5, 0.6) is 0 Å². The molecule has 33 heavy (non-hydrogen) atoms. The summed E-state index contributed by atoms with van der Waals surface area (Å²) in [7, 11) is -4.01. The minimum Gasteiger partial charge on any atom is -0.444 e. The van der Waals surface area contributed by atoms with Gasteiger partial charge in [0.15, 0.2) is 5.69 Å². The van der Waals surface area contributed by atoms with Crippen LogP contribution in [0.2, 0.25) is 0 Å². The van der Waals surface area contributed by atoms with Crippen LogP contribution in [-0.4, -0.2) is 73.6 Å². The maximum atomic E-state index is 13.2. The van der Waals surface area contributed by atoms with Gasteiger partial charge in [-0.3, -0.25) is 4.90 Å². The van der Waals surface area contributed by atoms with Gasteiger partial charge in [-0.2, -0.15) is 14.6 Å². The number of aromatic nitrogens is 1. The highest BCUT2D eigenvalue weighted by Crippen LogP contribution is 2.28. The van der Waals surface area contributed by atoms with E-state index in [0.29, 0.717) is 31.7 Å². The molecule has 0 spiro atoms. The van der Waals surface area contributed by atoms with Gasteiger partial charge in [0, 0.05) is 44.8 Å². The fourth-order valence-corrected chi connectivity index (χ4v) is 4.71. The van der Waals surface area contributed by atoms with E-state index < -0.39 is 26.8 Å². The zero-order valence-corrected chi connectivity index (χ0v) is 20.1. The van der Waals surface area contributed by atoms with E-state index in [0.717, 1.165) is 5.56 Å².